The lowest BCUT2D eigenvalue weighted by atomic mass is 9.66. The zero-order valence-electron chi connectivity index (χ0n) is 18.5. The number of hydrogen-bond donors (Lipinski definition) is 2. The van der Waals surface area contributed by atoms with Crippen molar-refractivity contribution in [2.75, 3.05) is 11.4 Å². The molecule has 3 aliphatic heterocycles. The van der Waals surface area contributed by atoms with Crippen LogP contribution in [0.1, 0.15) is 25.3 Å². The number of amides is 4. The number of urea groups is 1. The minimum Gasteiger partial charge on any atom is -0.449 e. The molecule has 5 heterocycles. The summed E-state index contributed by atoms with van der Waals surface area (Å²) in [5, 5.41) is 8.77. The van der Waals surface area contributed by atoms with Crippen LogP contribution in [0.2, 0.25) is 0 Å². The molecule has 0 bridgehead atoms. The zero-order chi connectivity index (χ0) is 23.9. The highest BCUT2D eigenvalue weighted by Gasteiger charge is 2.63. The predicted molar refractivity (Wildman–Crippen MR) is 113 cm³/mol. The Labute approximate surface area is 191 Å². The molecule has 176 valence electrons. The van der Waals surface area contributed by atoms with Gasteiger partial charge in [0.25, 0.3) is 0 Å². The van der Waals surface area contributed by atoms with Gasteiger partial charge in [0.2, 0.25) is 17.4 Å². The van der Waals surface area contributed by atoms with Crippen LogP contribution in [0.5, 0.6) is 0 Å². The lowest BCUT2D eigenvalue weighted by Crippen LogP contribution is -2.75. The van der Waals surface area contributed by atoms with Crippen LogP contribution in [0.25, 0.3) is 22.4 Å². The van der Waals surface area contributed by atoms with Crippen molar-refractivity contribution in [3.05, 3.63) is 29.6 Å². The van der Waals surface area contributed by atoms with Crippen molar-refractivity contribution < 1.29 is 32.5 Å². The van der Waals surface area contributed by atoms with Crippen LogP contribution in [0, 0.1) is 18.2 Å². The molecular weight excluding hydrogens is 449 g/mol. The molecule has 3 atom stereocenters. The van der Waals surface area contributed by atoms with Crippen LogP contribution in [-0.2, 0) is 20.7 Å². The summed E-state index contributed by atoms with van der Waals surface area (Å²) in [5.74, 6) is -1.74. The molecule has 0 saturated carbocycles. The molecule has 2 aromatic heterocycles. The Morgan fingerprint density at radius 3 is 2.62 bits per heavy atom. The molecule has 12 heteroatoms. The highest BCUT2D eigenvalue weighted by molar-refractivity contribution is 6.20. The van der Waals surface area contributed by atoms with Crippen LogP contribution < -0.4 is 15.5 Å². The van der Waals surface area contributed by atoms with Crippen molar-refractivity contribution in [3.8, 4) is 11.4 Å². The minimum atomic E-state index is -1.71. The van der Waals surface area contributed by atoms with Gasteiger partial charge >= 0.3 is 6.03 Å². The number of ether oxygens (including phenoxy) is 1. The second kappa shape index (κ2) is 6.86. The summed E-state index contributed by atoms with van der Waals surface area (Å²) < 4.78 is 32.6. The van der Waals surface area contributed by atoms with Gasteiger partial charge in [-0.2, -0.15) is 0 Å². The number of halogens is 1. The van der Waals surface area contributed by atoms with Gasteiger partial charge in [-0.25, -0.2) is 14.2 Å². The van der Waals surface area contributed by atoms with Gasteiger partial charge in [0, 0.05) is 19.9 Å². The maximum Gasteiger partial charge on any atom is 0.328 e. The van der Waals surface area contributed by atoms with E-state index in [1.807, 2.05) is 6.92 Å². The first-order valence-electron chi connectivity index (χ1n) is 10.8. The summed E-state index contributed by atoms with van der Waals surface area (Å²) >= 11 is 0. The highest BCUT2D eigenvalue weighted by Crippen LogP contribution is 2.49. The second-order valence-corrected chi connectivity index (χ2v) is 8.99. The number of nitrogens with zero attached hydrogens (tertiary/aromatic N) is 3. The summed E-state index contributed by atoms with van der Waals surface area (Å²) in [7, 11) is 0. The maximum absolute atomic E-state index is 16.0. The van der Waals surface area contributed by atoms with Crippen molar-refractivity contribution in [2.24, 2.45) is 5.41 Å². The van der Waals surface area contributed by atoms with E-state index >= 15 is 4.39 Å². The number of aryl methyl sites for hydroxylation is 1. The van der Waals surface area contributed by atoms with Crippen molar-refractivity contribution in [1.82, 2.24) is 20.8 Å². The SMILES string of the molecule is Cc1nc(-c2noc3c(F)c4c(cc23)CC2(C(=O)NC(=O)NC2=O)[C@@H]2[C@@H](C)O[C@@H](C)CN42)co1. The fourth-order valence-corrected chi connectivity index (χ4v) is 5.61. The van der Waals surface area contributed by atoms with Gasteiger partial charge < -0.3 is 18.6 Å². The van der Waals surface area contributed by atoms with Crippen LogP contribution in [-0.4, -0.2) is 52.8 Å². The van der Waals surface area contributed by atoms with E-state index < -0.39 is 41.2 Å². The van der Waals surface area contributed by atoms with Crippen LogP contribution in [0.4, 0.5) is 14.9 Å². The number of benzene rings is 1. The van der Waals surface area contributed by atoms with Crippen molar-refractivity contribution in [3.63, 3.8) is 0 Å². The van der Waals surface area contributed by atoms with Crippen LogP contribution in [0.15, 0.2) is 21.3 Å². The number of hydrogen-bond acceptors (Lipinski definition) is 9. The lowest BCUT2D eigenvalue weighted by molar-refractivity contribution is -0.153. The molecule has 11 nitrogen and oxygen atoms in total. The molecule has 4 amide bonds. The number of barbiturate groups is 1. The summed E-state index contributed by atoms with van der Waals surface area (Å²) in [6, 6.07) is -0.0829. The zero-order valence-corrected chi connectivity index (χ0v) is 18.5. The molecule has 2 saturated heterocycles. The summed E-state index contributed by atoms with van der Waals surface area (Å²) in [6.07, 6.45) is 0.330. The molecule has 6 rings (SSSR count). The van der Waals surface area contributed by atoms with Crippen molar-refractivity contribution in [1.29, 1.82) is 0 Å². The molecule has 0 aliphatic carbocycles. The van der Waals surface area contributed by atoms with E-state index in [-0.39, 0.29) is 36.0 Å². The number of rotatable bonds is 1. The average molecular weight is 469 g/mol. The lowest BCUT2D eigenvalue weighted by Gasteiger charge is -2.55. The summed E-state index contributed by atoms with van der Waals surface area (Å²) in [4.78, 5) is 44.3. The van der Waals surface area contributed by atoms with Gasteiger partial charge in [0.15, 0.2) is 17.1 Å². The number of nitrogens with one attached hydrogen (secondary N) is 2. The normalized spacial score (nSPS) is 25.8. The first-order chi connectivity index (χ1) is 16.2. The Hall–Kier alpha value is -3.80. The number of morpholine rings is 1. The smallest absolute Gasteiger partial charge is 0.328 e. The number of oxazole rings is 1. The average Bonchev–Trinajstić information content (AvgIpc) is 3.37. The van der Waals surface area contributed by atoms with Gasteiger partial charge in [-0.15, -0.1) is 0 Å². The standard InChI is InChI=1S/C22H20FN5O6/c1-8-6-28-16-11(4-12-15(13-7-32-10(3)24-13)27-34-17(12)14(16)23)5-22(18(28)9(2)33-8)19(29)25-21(31)26-20(22)30/h4,7-9,18H,5-6H2,1-3H3,(H2,25,26,29,30,31)/t8-,9+,18-/m0/s1. The van der Waals surface area contributed by atoms with E-state index in [2.05, 4.69) is 20.8 Å². The third-order valence-electron chi connectivity index (χ3n) is 6.83. The number of carbonyl (C=O) groups is 3. The number of fused-ring (bicyclic) bond motifs is 5. The Morgan fingerprint density at radius 2 is 1.94 bits per heavy atom. The van der Waals surface area contributed by atoms with E-state index in [0.717, 1.165) is 0 Å². The quantitative estimate of drug-likeness (QED) is 0.511. The third-order valence-corrected chi connectivity index (χ3v) is 6.83. The molecular formula is C22H20FN5O6. The molecule has 34 heavy (non-hydrogen) atoms. The molecule has 1 aromatic carbocycles. The van der Waals surface area contributed by atoms with Gasteiger partial charge in [-0.3, -0.25) is 20.2 Å². The largest absolute Gasteiger partial charge is 0.449 e. The molecule has 0 radical (unpaired) electrons. The van der Waals surface area contributed by atoms with E-state index in [1.54, 1.807) is 24.8 Å². The Kier molecular flexibility index (Phi) is 4.19. The monoisotopic (exact) mass is 469 g/mol. The van der Waals surface area contributed by atoms with Gasteiger partial charge in [-0.1, -0.05) is 5.16 Å². The molecule has 3 aliphatic rings. The first kappa shape index (κ1) is 20.8. The second-order valence-electron chi connectivity index (χ2n) is 8.99. The predicted octanol–water partition coefficient (Wildman–Crippen LogP) is 1.82. The van der Waals surface area contributed by atoms with E-state index in [4.69, 9.17) is 13.7 Å². The maximum atomic E-state index is 16.0. The summed E-state index contributed by atoms with van der Waals surface area (Å²) in [5.41, 5.74) is -0.493. The highest BCUT2D eigenvalue weighted by atomic mass is 19.1. The molecule has 0 unspecified atom stereocenters. The fraction of sp³-hybridized carbons (Fsp3) is 0.409. The van der Waals surface area contributed by atoms with Crippen LogP contribution >= 0.6 is 0 Å². The minimum absolute atomic E-state index is 0.0661. The van der Waals surface area contributed by atoms with Gasteiger partial charge in [0.1, 0.15) is 17.7 Å². The number of carbonyl (C=O) groups excluding carboxylic acids is 3. The third kappa shape index (κ3) is 2.62. The topological polar surface area (TPSA) is 140 Å². The summed E-state index contributed by atoms with van der Waals surface area (Å²) in [6.45, 7) is 5.45. The molecule has 3 aromatic rings. The molecule has 2 N–H and O–H groups in total. The van der Waals surface area contributed by atoms with E-state index in [0.29, 0.717) is 22.5 Å². The van der Waals surface area contributed by atoms with E-state index in [1.165, 1.54) is 6.26 Å². The Morgan fingerprint density at radius 1 is 1.21 bits per heavy atom. The van der Waals surface area contributed by atoms with E-state index in [9.17, 15) is 14.4 Å². The van der Waals surface area contributed by atoms with Gasteiger partial charge in [0.05, 0.1) is 29.3 Å². The first-order valence-corrected chi connectivity index (χ1v) is 10.8. The Bertz CT molecular complexity index is 1380. The van der Waals surface area contributed by atoms with Crippen molar-refractivity contribution >= 4 is 34.5 Å². The number of anilines is 1. The van der Waals surface area contributed by atoms with Gasteiger partial charge in [-0.05, 0) is 25.5 Å². The number of aromatic nitrogens is 2. The fourth-order valence-electron chi connectivity index (χ4n) is 5.61. The van der Waals surface area contributed by atoms with Crippen LogP contribution in [0.3, 0.4) is 0 Å². The van der Waals surface area contributed by atoms with Crippen molar-refractivity contribution in [2.45, 2.75) is 45.4 Å². The number of imide groups is 2. The Balaban J connectivity index is 1.60. The molecule has 1 spiro atoms. The molecule has 2 fully saturated rings.